The highest BCUT2D eigenvalue weighted by molar-refractivity contribution is 7.89. The first-order chi connectivity index (χ1) is 19.6. The minimum absolute atomic E-state index is 0.0362. The van der Waals surface area contributed by atoms with Gasteiger partial charge in [0, 0.05) is 58.8 Å². The molecule has 0 aliphatic carbocycles. The van der Waals surface area contributed by atoms with Crippen molar-refractivity contribution in [3.8, 4) is 5.75 Å². The molecule has 1 aromatic carbocycles. The van der Waals surface area contributed by atoms with Crippen molar-refractivity contribution in [1.82, 2.24) is 24.1 Å². The molecule has 0 unspecified atom stereocenters. The number of aromatic hydroxyl groups is 1. The van der Waals surface area contributed by atoms with Crippen LogP contribution in [-0.4, -0.2) is 97.4 Å². The molecule has 2 amide bonds. The first-order valence-corrected chi connectivity index (χ1v) is 14.5. The summed E-state index contributed by atoms with van der Waals surface area (Å²) in [5.41, 5.74) is -2.17. The van der Waals surface area contributed by atoms with Gasteiger partial charge in [0.25, 0.3) is 11.5 Å². The Morgan fingerprint density at radius 1 is 1.15 bits per heavy atom. The van der Waals surface area contributed by atoms with Gasteiger partial charge in [0.1, 0.15) is 17.2 Å². The molecule has 41 heavy (non-hydrogen) atoms. The smallest absolute Gasteiger partial charge is 0.409 e. The van der Waals surface area contributed by atoms with Gasteiger partial charge in [0.05, 0.1) is 25.2 Å². The maximum absolute atomic E-state index is 14.2. The van der Waals surface area contributed by atoms with Crippen molar-refractivity contribution >= 4 is 22.0 Å². The van der Waals surface area contributed by atoms with Crippen LogP contribution in [0.1, 0.15) is 34.7 Å². The summed E-state index contributed by atoms with van der Waals surface area (Å²) in [6.07, 6.45) is 0.246. The fourth-order valence-electron chi connectivity index (χ4n) is 5.28. The SMILES string of the molecule is COC(=O)N1CCN(S(=O)(=O)c2cc(F)ccc2CNC(=O)c2nc3n(c(=O)c2O)CCOC32CCOCC2)CC1. The van der Waals surface area contributed by atoms with Crippen LogP contribution in [0.2, 0.25) is 0 Å². The van der Waals surface area contributed by atoms with E-state index in [1.165, 1.54) is 22.6 Å². The van der Waals surface area contributed by atoms with Crippen LogP contribution in [0.5, 0.6) is 5.75 Å². The molecule has 3 aliphatic heterocycles. The van der Waals surface area contributed by atoms with Crippen LogP contribution < -0.4 is 10.9 Å². The number of piperazine rings is 1. The van der Waals surface area contributed by atoms with Crippen molar-refractivity contribution in [2.75, 3.05) is 53.1 Å². The molecule has 1 spiro atoms. The fraction of sp³-hybridized carbons (Fsp3) is 0.520. The van der Waals surface area contributed by atoms with Gasteiger partial charge in [-0.05, 0) is 17.7 Å². The van der Waals surface area contributed by atoms with E-state index in [0.717, 1.165) is 16.4 Å². The van der Waals surface area contributed by atoms with Crippen LogP contribution >= 0.6 is 0 Å². The number of benzene rings is 1. The van der Waals surface area contributed by atoms with Crippen LogP contribution in [-0.2, 0) is 42.9 Å². The molecule has 14 nitrogen and oxygen atoms in total. The number of hydrogen-bond donors (Lipinski definition) is 2. The molecule has 2 aromatic rings. The lowest BCUT2D eigenvalue weighted by Gasteiger charge is -2.40. The van der Waals surface area contributed by atoms with Crippen molar-refractivity contribution in [2.24, 2.45) is 0 Å². The maximum atomic E-state index is 14.2. The summed E-state index contributed by atoms with van der Waals surface area (Å²) >= 11 is 0. The number of ether oxygens (including phenoxy) is 3. The lowest BCUT2D eigenvalue weighted by Crippen LogP contribution is -2.50. The van der Waals surface area contributed by atoms with Crippen molar-refractivity contribution in [3.63, 3.8) is 0 Å². The third-order valence-corrected chi connectivity index (χ3v) is 9.50. The summed E-state index contributed by atoms with van der Waals surface area (Å²) in [5.74, 6) is -2.34. The first kappa shape index (κ1) is 28.9. The van der Waals surface area contributed by atoms with E-state index in [2.05, 4.69) is 15.0 Å². The van der Waals surface area contributed by atoms with Gasteiger partial charge in [-0.3, -0.25) is 14.2 Å². The lowest BCUT2D eigenvalue weighted by molar-refractivity contribution is -0.139. The number of carbonyl (C=O) groups excluding carboxylic acids is 2. The summed E-state index contributed by atoms with van der Waals surface area (Å²) in [5, 5.41) is 13.1. The van der Waals surface area contributed by atoms with E-state index in [-0.39, 0.29) is 62.2 Å². The minimum atomic E-state index is -4.21. The van der Waals surface area contributed by atoms with Crippen molar-refractivity contribution in [3.05, 3.63) is 51.5 Å². The maximum Gasteiger partial charge on any atom is 0.409 e. The molecular formula is C25H30FN5O9S. The number of methoxy groups -OCH3 is 1. The summed E-state index contributed by atoms with van der Waals surface area (Å²) in [4.78, 5) is 43.2. The van der Waals surface area contributed by atoms with Crippen molar-refractivity contribution < 1.29 is 41.7 Å². The lowest BCUT2D eigenvalue weighted by atomic mass is 9.91. The second kappa shape index (κ2) is 11.3. The van der Waals surface area contributed by atoms with E-state index < -0.39 is 50.4 Å². The van der Waals surface area contributed by atoms with Gasteiger partial charge in [0.2, 0.25) is 15.8 Å². The number of fused-ring (bicyclic) bond motifs is 2. The van der Waals surface area contributed by atoms with Crippen LogP contribution in [0.3, 0.4) is 0 Å². The Hall–Kier alpha value is -3.60. The fourth-order valence-corrected chi connectivity index (χ4v) is 6.93. The zero-order chi connectivity index (χ0) is 29.4. The molecule has 2 fully saturated rings. The van der Waals surface area contributed by atoms with E-state index in [1.807, 2.05) is 0 Å². The third kappa shape index (κ3) is 5.39. The first-order valence-electron chi connectivity index (χ1n) is 13.0. The molecule has 0 saturated carbocycles. The highest BCUT2D eigenvalue weighted by Crippen LogP contribution is 2.37. The van der Waals surface area contributed by atoms with E-state index in [1.54, 1.807) is 0 Å². The average molecular weight is 596 g/mol. The van der Waals surface area contributed by atoms with Gasteiger partial charge >= 0.3 is 6.09 Å². The normalized spacial score (nSPS) is 19.0. The quantitative estimate of drug-likeness (QED) is 0.484. The summed E-state index contributed by atoms with van der Waals surface area (Å²) < 4.78 is 59.6. The van der Waals surface area contributed by atoms with E-state index in [9.17, 15) is 32.3 Å². The highest BCUT2D eigenvalue weighted by Gasteiger charge is 2.43. The molecule has 16 heteroatoms. The summed E-state index contributed by atoms with van der Waals surface area (Å²) in [6.45, 7) is 0.868. The predicted molar refractivity (Wildman–Crippen MR) is 138 cm³/mol. The van der Waals surface area contributed by atoms with Crippen LogP contribution in [0, 0.1) is 5.82 Å². The standard InChI is InChI=1S/C25H30FN5O9S/c1-38-24(35)29-6-8-30(9-7-29)41(36,37)18-14-17(26)3-2-16(18)15-27-21(33)19-20(32)22(34)31-10-13-40-25(23(31)28-19)4-11-39-12-5-25/h2-3,14,32H,4-13,15H2,1H3,(H,27,33). The largest absolute Gasteiger partial charge is 0.501 e. The number of nitrogens with one attached hydrogen (secondary N) is 1. The number of rotatable bonds is 5. The molecule has 2 N–H and O–H groups in total. The van der Waals surface area contributed by atoms with Gasteiger partial charge in [0.15, 0.2) is 5.69 Å². The molecule has 2 saturated heterocycles. The third-order valence-electron chi connectivity index (χ3n) is 7.52. The van der Waals surface area contributed by atoms with Crippen LogP contribution in [0.4, 0.5) is 9.18 Å². The second-order valence-corrected chi connectivity index (χ2v) is 11.7. The van der Waals surface area contributed by atoms with E-state index in [4.69, 9.17) is 9.47 Å². The van der Waals surface area contributed by atoms with Crippen LogP contribution in [0.25, 0.3) is 0 Å². The van der Waals surface area contributed by atoms with E-state index in [0.29, 0.717) is 26.1 Å². The zero-order valence-electron chi connectivity index (χ0n) is 22.3. The molecule has 0 radical (unpaired) electrons. The summed E-state index contributed by atoms with van der Waals surface area (Å²) in [6, 6.07) is 3.15. The van der Waals surface area contributed by atoms with Crippen LogP contribution in [0.15, 0.2) is 27.9 Å². The Balaban J connectivity index is 1.38. The van der Waals surface area contributed by atoms with E-state index >= 15 is 0 Å². The van der Waals surface area contributed by atoms with Gasteiger partial charge in [-0.2, -0.15) is 4.31 Å². The molecule has 4 heterocycles. The number of carbonyl (C=O) groups is 2. The Morgan fingerprint density at radius 3 is 2.54 bits per heavy atom. The molecule has 0 bridgehead atoms. The topological polar surface area (TPSA) is 170 Å². The summed E-state index contributed by atoms with van der Waals surface area (Å²) in [7, 11) is -2.98. The Bertz CT molecular complexity index is 1520. The molecule has 3 aliphatic rings. The Morgan fingerprint density at radius 2 is 1.85 bits per heavy atom. The molecule has 222 valence electrons. The minimum Gasteiger partial charge on any atom is -0.501 e. The molecule has 5 rings (SSSR count). The Kier molecular flexibility index (Phi) is 8.00. The molecule has 1 aromatic heterocycles. The second-order valence-electron chi connectivity index (χ2n) is 9.84. The van der Waals surface area contributed by atoms with Gasteiger partial charge in [-0.15, -0.1) is 0 Å². The van der Waals surface area contributed by atoms with Crippen molar-refractivity contribution in [1.29, 1.82) is 0 Å². The number of sulfonamides is 1. The van der Waals surface area contributed by atoms with Crippen molar-refractivity contribution in [2.45, 2.75) is 36.4 Å². The number of hydrogen-bond acceptors (Lipinski definition) is 10. The average Bonchev–Trinajstić information content (AvgIpc) is 2.98. The monoisotopic (exact) mass is 595 g/mol. The van der Waals surface area contributed by atoms with Gasteiger partial charge < -0.3 is 29.5 Å². The number of halogens is 1. The highest BCUT2D eigenvalue weighted by atomic mass is 32.2. The Labute approximate surface area is 234 Å². The predicted octanol–water partition coefficient (Wildman–Crippen LogP) is 0.127. The molecule has 0 atom stereocenters. The number of nitrogens with zero attached hydrogens (tertiary/aromatic N) is 4. The number of amides is 2. The van der Waals surface area contributed by atoms with Gasteiger partial charge in [-0.25, -0.2) is 22.6 Å². The molecular weight excluding hydrogens is 565 g/mol. The number of aromatic nitrogens is 2. The van der Waals surface area contributed by atoms with Gasteiger partial charge in [-0.1, -0.05) is 6.07 Å². The zero-order valence-corrected chi connectivity index (χ0v) is 23.1.